The molecule has 0 bridgehead atoms. The number of fused-ring (bicyclic) bond motifs is 1. The predicted molar refractivity (Wildman–Crippen MR) is 121 cm³/mol. The standard InChI is InChI=1S/C24H33N5/c1-2-3-14-22-28-23-20(29(22)17-19-12-8-5-9-13-19)15-21(27-24(23)25)26-16-18-10-6-4-7-11-18/h5,8-9,12-13,15,18H,2-4,6-7,10-11,14,16-17H2,1H3,(H3,25,26,27). The van der Waals surface area contributed by atoms with Crippen molar-refractivity contribution in [1.29, 1.82) is 0 Å². The zero-order chi connectivity index (χ0) is 20.1. The highest BCUT2D eigenvalue weighted by Crippen LogP contribution is 2.27. The lowest BCUT2D eigenvalue weighted by Gasteiger charge is -2.22. The van der Waals surface area contributed by atoms with Crippen LogP contribution in [0.1, 0.15) is 63.3 Å². The van der Waals surface area contributed by atoms with Crippen LogP contribution in [0.3, 0.4) is 0 Å². The van der Waals surface area contributed by atoms with Crippen LogP contribution >= 0.6 is 0 Å². The van der Waals surface area contributed by atoms with Gasteiger partial charge in [-0.1, -0.05) is 62.9 Å². The summed E-state index contributed by atoms with van der Waals surface area (Å²) in [6, 6.07) is 12.7. The third-order valence-corrected chi connectivity index (χ3v) is 6.08. The number of aromatic nitrogens is 3. The number of rotatable bonds is 8. The Morgan fingerprint density at radius 2 is 1.90 bits per heavy atom. The maximum Gasteiger partial charge on any atom is 0.154 e. The number of hydrogen-bond acceptors (Lipinski definition) is 4. The summed E-state index contributed by atoms with van der Waals surface area (Å²) in [4.78, 5) is 9.50. The van der Waals surface area contributed by atoms with Crippen molar-refractivity contribution >= 4 is 22.7 Å². The van der Waals surface area contributed by atoms with Gasteiger partial charge in [0.1, 0.15) is 17.2 Å². The van der Waals surface area contributed by atoms with Gasteiger partial charge < -0.3 is 15.6 Å². The van der Waals surface area contributed by atoms with E-state index >= 15 is 0 Å². The van der Waals surface area contributed by atoms with E-state index < -0.39 is 0 Å². The van der Waals surface area contributed by atoms with Gasteiger partial charge in [-0.15, -0.1) is 0 Å². The molecule has 1 aliphatic rings. The van der Waals surface area contributed by atoms with Crippen LogP contribution in [0, 0.1) is 5.92 Å². The maximum absolute atomic E-state index is 6.34. The minimum atomic E-state index is 0.526. The first-order valence-electron chi connectivity index (χ1n) is 11.2. The number of nitrogen functional groups attached to an aromatic ring is 1. The highest BCUT2D eigenvalue weighted by molar-refractivity contribution is 5.88. The van der Waals surface area contributed by atoms with Gasteiger partial charge in [0.25, 0.3) is 0 Å². The van der Waals surface area contributed by atoms with Crippen molar-refractivity contribution in [3.8, 4) is 0 Å². The zero-order valence-electron chi connectivity index (χ0n) is 17.5. The number of aryl methyl sites for hydroxylation is 1. The van der Waals surface area contributed by atoms with E-state index in [4.69, 9.17) is 10.7 Å². The van der Waals surface area contributed by atoms with Crippen LogP contribution in [0.4, 0.5) is 11.6 Å². The van der Waals surface area contributed by atoms with Crippen LogP contribution in [0.2, 0.25) is 0 Å². The highest BCUT2D eigenvalue weighted by Gasteiger charge is 2.17. The van der Waals surface area contributed by atoms with Crippen molar-refractivity contribution in [2.75, 3.05) is 17.6 Å². The van der Waals surface area contributed by atoms with Crippen LogP contribution in [-0.4, -0.2) is 21.1 Å². The summed E-state index contributed by atoms with van der Waals surface area (Å²) in [5, 5.41) is 3.56. The second-order valence-corrected chi connectivity index (χ2v) is 8.35. The molecule has 1 saturated carbocycles. The van der Waals surface area contributed by atoms with Gasteiger partial charge in [0, 0.05) is 25.6 Å². The van der Waals surface area contributed by atoms with E-state index in [2.05, 4.69) is 58.2 Å². The number of nitrogens with zero attached hydrogens (tertiary/aromatic N) is 3. The molecule has 4 rings (SSSR count). The molecule has 1 aliphatic carbocycles. The third kappa shape index (κ3) is 4.72. The van der Waals surface area contributed by atoms with Gasteiger partial charge >= 0.3 is 0 Å². The van der Waals surface area contributed by atoms with Gasteiger partial charge in [-0.2, -0.15) is 0 Å². The Morgan fingerprint density at radius 1 is 1.10 bits per heavy atom. The van der Waals surface area contributed by atoms with Crippen molar-refractivity contribution in [2.24, 2.45) is 5.92 Å². The Bertz CT molecular complexity index is 925. The predicted octanol–water partition coefficient (Wildman–Crippen LogP) is 5.40. The number of hydrogen-bond donors (Lipinski definition) is 2. The first-order valence-corrected chi connectivity index (χ1v) is 11.2. The molecule has 3 N–H and O–H groups in total. The molecule has 0 amide bonds. The van der Waals surface area contributed by atoms with Gasteiger partial charge in [-0.05, 0) is 30.7 Å². The number of pyridine rings is 1. The number of imidazole rings is 1. The average molecular weight is 392 g/mol. The lowest BCUT2D eigenvalue weighted by atomic mass is 9.89. The largest absolute Gasteiger partial charge is 0.382 e. The Kier molecular flexibility index (Phi) is 6.33. The number of unbranched alkanes of at least 4 members (excludes halogenated alkanes) is 1. The molecule has 5 heteroatoms. The molecule has 2 heterocycles. The molecule has 5 nitrogen and oxygen atoms in total. The second-order valence-electron chi connectivity index (χ2n) is 8.35. The summed E-state index contributed by atoms with van der Waals surface area (Å²) in [7, 11) is 0. The van der Waals surface area contributed by atoms with Crippen LogP contribution in [0.5, 0.6) is 0 Å². The highest BCUT2D eigenvalue weighted by atomic mass is 15.1. The minimum Gasteiger partial charge on any atom is -0.382 e. The summed E-state index contributed by atoms with van der Waals surface area (Å²) in [5.41, 5.74) is 9.53. The van der Waals surface area contributed by atoms with E-state index in [1.807, 2.05) is 0 Å². The van der Waals surface area contributed by atoms with E-state index in [1.54, 1.807) is 0 Å². The van der Waals surface area contributed by atoms with Crippen molar-refractivity contribution in [2.45, 2.75) is 64.8 Å². The quantitative estimate of drug-likeness (QED) is 0.540. The summed E-state index contributed by atoms with van der Waals surface area (Å²) in [6.07, 6.45) is 9.96. The Balaban J connectivity index is 1.64. The number of nitrogens with two attached hydrogens (primary N) is 1. The molecular weight excluding hydrogens is 358 g/mol. The summed E-state index contributed by atoms with van der Waals surface area (Å²) in [6.45, 7) is 4.00. The Hall–Kier alpha value is -2.56. The molecule has 0 aliphatic heterocycles. The molecule has 0 atom stereocenters. The van der Waals surface area contributed by atoms with Gasteiger partial charge in [-0.3, -0.25) is 0 Å². The molecule has 0 spiro atoms. The fourth-order valence-electron chi connectivity index (χ4n) is 4.39. The fraction of sp³-hybridized carbons (Fsp3) is 0.500. The second kappa shape index (κ2) is 9.29. The average Bonchev–Trinajstić information content (AvgIpc) is 3.10. The van der Waals surface area contributed by atoms with Gasteiger partial charge in [0.05, 0.1) is 5.52 Å². The Morgan fingerprint density at radius 3 is 2.66 bits per heavy atom. The van der Waals surface area contributed by atoms with Gasteiger partial charge in [0.15, 0.2) is 5.82 Å². The normalized spacial score (nSPS) is 15.1. The third-order valence-electron chi connectivity index (χ3n) is 6.08. The van der Waals surface area contributed by atoms with Crippen molar-refractivity contribution in [3.63, 3.8) is 0 Å². The topological polar surface area (TPSA) is 68.8 Å². The molecule has 0 radical (unpaired) electrons. The lowest BCUT2D eigenvalue weighted by molar-refractivity contribution is 0.373. The van der Waals surface area contributed by atoms with E-state index in [-0.39, 0.29) is 0 Å². The van der Waals surface area contributed by atoms with Crippen LogP contribution in [0.25, 0.3) is 11.0 Å². The van der Waals surface area contributed by atoms with Crippen molar-refractivity contribution < 1.29 is 0 Å². The smallest absolute Gasteiger partial charge is 0.154 e. The van der Waals surface area contributed by atoms with E-state index in [0.29, 0.717) is 5.82 Å². The van der Waals surface area contributed by atoms with Crippen LogP contribution < -0.4 is 11.1 Å². The SMILES string of the molecule is CCCCc1nc2c(N)nc(NCC3CCCCC3)cc2n1Cc1ccccc1. The van der Waals surface area contributed by atoms with Crippen LogP contribution in [-0.2, 0) is 13.0 Å². The fourth-order valence-corrected chi connectivity index (χ4v) is 4.39. The van der Waals surface area contributed by atoms with Crippen LogP contribution in [0.15, 0.2) is 36.4 Å². The molecule has 0 unspecified atom stereocenters. The number of benzene rings is 1. The number of anilines is 2. The summed E-state index contributed by atoms with van der Waals surface area (Å²) in [5.74, 6) is 3.25. The zero-order valence-corrected chi connectivity index (χ0v) is 17.5. The lowest BCUT2D eigenvalue weighted by Crippen LogP contribution is -2.18. The first kappa shape index (κ1) is 19.7. The van der Waals surface area contributed by atoms with Gasteiger partial charge in [-0.25, -0.2) is 9.97 Å². The van der Waals surface area contributed by atoms with Gasteiger partial charge in [0.2, 0.25) is 0 Å². The first-order chi connectivity index (χ1) is 14.2. The Labute approximate surface area is 173 Å². The monoisotopic (exact) mass is 391 g/mol. The molecule has 1 aromatic carbocycles. The summed E-state index contributed by atoms with van der Waals surface area (Å²) < 4.78 is 2.32. The molecular formula is C24H33N5. The minimum absolute atomic E-state index is 0.526. The van der Waals surface area contributed by atoms with Crippen molar-refractivity contribution in [3.05, 3.63) is 47.8 Å². The molecule has 3 aromatic rings. The van der Waals surface area contributed by atoms with E-state index in [1.165, 1.54) is 37.7 Å². The summed E-state index contributed by atoms with van der Waals surface area (Å²) >= 11 is 0. The molecule has 1 fully saturated rings. The van der Waals surface area contributed by atoms with E-state index in [0.717, 1.165) is 60.9 Å². The van der Waals surface area contributed by atoms with E-state index in [9.17, 15) is 0 Å². The molecule has 29 heavy (non-hydrogen) atoms. The molecule has 0 saturated heterocycles. The molecule has 2 aromatic heterocycles. The van der Waals surface area contributed by atoms with Crippen molar-refractivity contribution in [1.82, 2.24) is 14.5 Å². The maximum atomic E-state index is 6.34. The number of nitrogens with one attached hydrogen (secondary N) is 1. The molecule has 154 valence electrons.